The van der Waals surface area contributed by atoms with E-state index in [1.54, 1.807) is 19.2 Å². The summed E-state index contributed by atoms with van der Waals surface area (Å²) in [5.41, 5.74) is 0.752. The normalized spacial score (nSPS) is 22.6. The molecule has 5 heteroatoms. The molecule has 1 aromatic heterocycles. The predicted molar refractivity (Wildman–Crippen MR) is 69.6 cm³/mol. The fourth-order valence-corrected chi connectivity index (χ4v) is 2.33. The minimum Gasteiger partial charge on any atom is -0.389 e. The van der Waals surface area contributed by atoms with Crippen molar-refractivity contribution in [3.63, 3.8) is 0 Å². The van der Waals surface area contributed by atoms with E-state index in [-0.39, 0.29) is 0 Å². The van der Waals surface area contributed by atoms with Crippen LogP contribution in [0.3, 0.4) is 0 Å². The first kappa shape index (κ1) is 12.6. The van der Waals surface area contributed by atoms with Gasteiger partial charge in [0.05, 0.1) is 11.1 Å². The first-order chi connectivity index (χ1) is 8.08. The second-order valence-corrected chi connectivity index (χ2v) is 4.96. The van der Waals surface area contributed by atoms with Crippen LogP contribution in [0.25, 0.3) is 0 Å². The van der Waals surface area contributed by atoms with Gasteiger partial charge >= 0.3 is 0 Å². The van der Waals surface area contributed by atoms with Gasteiger partial charge in [-0.25, -0.2) is 4.98 Å². The number of aliphatic hydroxyl groups is 1. The summed E-state index contributed by atoms with van der Waals surface area (Å²) < 4.78 is 0. The number of pyridine rings is 1. The van der Waals surface area contributed by atoms with E-state index in [2.05, 4.69) is 22.1 Å². The lowest BCUT2D eigenvalue weighted by molar-refractivity contribution is 0.199. The molecule has 0 bridgehead atoms. The van der Waals surface area contributed by atoms with Crippen molar-refractivity contribution in [2.45, 2.75) is 26.0 Å². The minimum absolute atomic E-state index is 0.443. The predicted octanol–water partition coefficient (Wildman–Crippen LogP) is 1.59. The van der Waals surface area contributed by atoms with Gasteiger partial charge in [0.2, 0.25) is 0 Å². The summed E-state index contributed by atoms with van der Waals surface area (Å²) in [6, 6.07) is 2.24. The monoisotopic (exact) mass is 255 g/mol. The van der Waals surface area contributed by atoms with E-state index in [1.165, 1.54) is 0 Å². The number of nitrogens with zero attached hydrogens (tertiary/aromatic N) is 2. The second kappa shape index (κ2) is 5.21. The van der Waals surface area contributed by atoms with E-state index < -0.39 is 6.10 Å². The molecule has 0 amide bonds. The zero-order valence-corrected chi connectivity index (χ0v) is 10.9. The first-order valence-electron chi connectivity index (χ1n) is 5.89. The summed E-state index contributed by atoms with van der Waals surface area (Å²) in [6.07, 6.45) is 1.16. The van der Waals surface area contributed by atoms with Crippen LogP contribution in [-0.4, -0.2) is 35.8 Å². The Morgan fingerprint density at radius 1 is 1.65 bits per heavy atom. The van der Waals surface area contributed by atoms with E-state index in [0.717, 1.165) is 31.0 Å². The third-order valence-corrected chi connectivity index (χ3v) is 3.27. The van der Waals surface area contributed by atoms with Gasteiger partial charge in [-0.3, -0.25) is 0 Å². The number of nitrogens with one attached hydrogen (secondary N) is 1. The molecule has 1 fully saturated rings. The molecule has 1 aromatic rings. The summed E-state index contributed by atoms with van der Waals surface area (Å²) in [6.45, 7) is 6.60. The summed E-state index contributed by atoms with van der Waals surface area (Å²) >= 11 is 6.22. The average molecular weight is 256 g/mol. The molecule has 2 N–H and O–H groups in total. The van der Waals surface area contributed by atoms with Gasteiger partial charge in [-0.1, -0.05) is 11.6 Å². The molecule has 1 saturated heterocycles. The lowest BCUT2D eigenvalue weighted by Crippen LogP contribution is -2.49. The Balaban J connectivity index is 2.21. The molecule has 0 aromatic carbocycles. The maximum Gasteiger partial charge on any atom is 0.147 e. The number of halogens is 1. The van der Waals surface area contributed by atoms with Crippen LogP contribution >= 0.6 is 11.6 Å². The van der Waals surface area contributed by atoms with Crippen LogP contribution in [0.2, 0.25) is 5.02 Å². The molecule has 94 valence electrons. The molecule has 2 atom stereocenters. The van der Waals surface area contributed by atoms with Crippen LogP contribution in [-0.2, 0) is 0 Å². The van der Waals surface area contributed by atoms with E-state index in [4.69, 9.17) is 11.6 Å². The quantitative estimate of drug-likeness (QED) is 0.843. The number of aliphatic hydroxyl groups excluding tert-OH is 1. The highest BCUT2D eigenvalue weighted by molar-refractivity contribution is 6.33. The van der Waals surface area contributed by atoms with Gasteiger partial charge < -0.3 is 15.3 Å². The van der Waals surface area contributed by atoms with Crippen LogP contribution in [0.15, 0.2) is 12.3 Å². The SMILES string of the molecule is C[C@@H]1CN(c2ncc([C@@H](C)O)cc2Cl)CCN1. The lowest BCUT2D eigenvalue weighted by atomic mass is 10.2. The Morgan fingerprint density at radius 3 is 3.00 bits per heavy atom. The molecule has 0 spiro atoms. The molecule has 0 aliphatic carbocycles. The third-order valence-electron chi connectivity index (χ3n) is 2.99. The Labute approximate surface area is 107 Å². The second-order valence-electron chi connectivity index (χ2n) is 4.55. The topological polar surface area (TPSA) is 48.4 Å². The Kier molecular flexibility index (Phi) is 3.86. The van der Waals surface area contributed by atoms with Gasteiger partial charge in [-0.15, -0.1) is 0 Å². The van der Waals surface area contributed by atoms with Crippen molar-refractivity contribution in [2.24, 2.45) is 0 Å². The molecule has 4 nitrogen and oxygen atoms in total. The summed E-state index contributed by atoms with van der Waals surface area (Å²) in [4.78, 5) is 6.54. The molecule has 0 radical (unpaired) electrons. The summed E-state index contributed by atoms with van der Waals surface area (Å²) in [5, 5.41) is 13.5. The van der Waals surface area contributed by atoms with Crippen molar-refractivity contribution in [2.75, 3.05) is 24.5 Å². The molecule has 0 unspecified atom stereocenters. The van der Waals surface area contributed by atoms with Gasteiger partial charge in [0.1, 0.15) is 5.82 Å². The first-order valence-corrected chi connectivity index (χ1v) is 6.27. The highest BCUT2D eigenvalue weighted by atomic mass is 35.5. The molecular formula is C12H18ClN3O. The van der Waals surface area contributed by atoms with Crippen molar-refractivity contribution in [1.82, 2.24) is 10.3 Å². The average Bonchev–Trinajstić information content (AvgIpc) is 2.28. The van der Waals surface area contributed by atoms with Gasteiger partial charge in [0.15, 0.2) is 0 Å². The summed E-state index contributed by atoms with van der Waals surface area (Å²) in [7, 11) is 0. The number of aromatic nitrogens is 1. The summed E-state index contributed by atoms with van der Waals surface area (Å²) in [5.74, 6) is 0.810. The van der Waals surface area contributed by atoms with E-state index in [0.29, 0.717) is 11.1 Å². The van der Waals surface area contributed by atoms with Crippen LogP contribution < -0.4 is 10.2 Å². The largest absolute Gasteiger partial charge is 0.389 e. The fourth-order valence-electron chi connectivity index (χ4n) is 2.03. The molecule has 2 heterocycles. The van der Waals surface area contributed by atoms with Gasteiger partial charge in [0, 0.05) is 37.4 Å². The number of rotatable bonds is 2. The van der Waals surface area contributed by atoms with E-state index >= 15 is 0 Å². The van der Waals surface area contributed by atoms with Gasteiger partial charge in [0.25, 0.3) is 0 Å². The maximum absolute atomic E-state index is 9.47. The Bertz CT molecular complexity index is 397. The Morgan fingerprint density at radius 2 is 2.41 bits per heavy atom. The van der Waals surface area contributed by atoms with Gasteiger partial charge in [-0.05, 0) is 19.9 Å². The van der Waals surface area contributed by atoms with Crippen molar-refractivity contribution >= 4 is 17.4 Å². The number of hydrogen-bond donors (Lipinski definition) is 2. The van der Waals surface area contributed by atoms with E-state index in [9.17, 15) is 5.11 Å². The zero-order chi connectivity index (χ0) is 12.4. The molecular weight excluding hydrogens is 238 g/mol. The lowest BCUT2D eigenvalue weighted by Gasteiger charge is -2.33. The van der Waals surface area contributed by atoms with Crippen molar-refractivity contribution in [3.8, 4) is 0 Å². The molecule has 17 heavy (non-hydrogen) atoms. The zero-order valence-electron chi connectivity index (χ0n) is 10.2. The Hall–Kier alpha value is -0.840. The van der Waals surface area contributed by atoms with Crippen molar-refractivity contribution < 1.29 is 5.11 Å². The van der Waals surface area contributed by atoms with Crippen LogP contribution in [0.4, 0.5) is 5.82 Å². The van der Waals surface area contributed by atoms with Crippen LogP contribution in [0.5, 0.6) is 0 Å². The highest BCUT2D eigenvalue weighted by Gasteiger charge is 2.19. The fraction of sp³-hybridized carbons (Fsp3) is 0.583. The van der Waals surface area contributed by atoms with Gasteiger partial charge in [-0.2, -0.15) is 0 Å². The smallest absolute Gasteiger partial charge is 0.147 e. The van der Waals surface area contributed by atoms with E-state index in [1.807, 2.05) is 0 Å². The third kappa shape index (κ3) is 2.89. The molecule has 2 rings (SSSR count). The number of piperazine rings is 1. The number of anilines is 1. The van der Waals surface area contributed by atoms with Crippen LogP contribution in [0.1, 0.15) is 25.5 Å². The highest BCUT2D eigenvalue weighted by Crippen LogP contribution is 2.26. The van der Waals surface area contributed by atoms with Crippen molar-refractivity contribution in [3.05, 3.63) is 22.8 Å². The van der Waals surface area contributed by atoms with Crippen LogP contribution in [0, 0.1) is 0 Å². The minimum atomic E-state index is -0.531. The van der Waals surface area contributed by atoms with Crippen molar-refractivity contribution in [1.29, 1.82) is 0 Å². The maximum atomic E-state index is 9.47. The number of hydrogen-bond acceptors (Lipinski definition) is 4. The standard InChI is InChI=1S/C12H18ClN3O/c1-8-7-16(4-3-14-8)12-11(13)5-10(6-15-12)9(2)17/h5-6,8-9,14,17H,3-4,7H2,1-2H3/t8-,9-/m1/s1. The molecule has 0 saturated carbocycles. The molecule has 1 aliphatic rings. The molecule has 1 aliphatic heterocycles.